The number of hydrogen-bond acceptors (Lipinski definition) is 1. The van der Waals surface area contributed by atoms with E-state index in [1.54, 1.807) is 0 Å². The van der Waals surface area contributed by atoms with Crippen LogP contribution in [0.4, 0.5) is 0 Å². The molecule has 0 atom stereocenters. The van der Waals surface area contributed by atoms with Crippen LogP contribution in [0.1, 0.15) is 23.9 Å². The molecule has 0 aliphatic rings. The molecule has 0 bridgehead atoms. The third-order valence-electron chi connectivity index (χ3n) is 3.59. The summed E-state index contributed by atoms with van der Waals surface area (Å²) in [7, 11) is 0. The van der Waals surface area contributed by atoms with Gasteiger partial charge in [-0.3, -0.25) is 0 Å². The fourth-order valence-electron chi connectivity index (χ4n) is 2.31. The maximum atomic E-state index is 5.90. The van der Waals surface area contributed by atoms with E-state index in [4.69, 9.17) is 11.6 Å². The van der Waals surface area contributed by atoms with Crippen LogP contribution in [0.25, 0.3) is 11.3 Å². The molecule has 2 nitrogen and oxygen atoms in total. The molecule has 0 aliphatic carbocycles. The van der Waals surface area contributed by atoms with Crippen LogP contribution in [0.2, 0.25) is 5.02 Å². The molecule has 0 amide bonds. The van der Waals surface area contributed by atoms with Crippen LogP contribution in [0.3, 0.4) is 0 Å². The van der Waals surface area contributed by atoms with Gasteiger partial charge in [0.1, 0.15) is 5.82 Å². The second-order valence-corrected chi connectivity index (χ2v) is 5.53. The van der Waals surface area contributed by atoms with E-state index in [1.807, 2.05) is 30.5 Å². The van der Waals surface area contributed by atoms with Gasteiger partial charge in [-0.05, 0) is 35.2 Å². The Morgan fingerprint density at radius 2 is 1.62 bits per heavy atom. The molecule has 1 heterocycles. The molecule has 0 fully saturated rings. The highest BCUT2D eigenvalue weighted by Crippen LogP contribution is 2.19. The number of H-pyrrole nitrogens is 1. The lowest BCUT2D eigenvalue weighted by molar-refractivity contribution is 1.03. The van der Waals surface area contributed by atoms with Crippen molar-refractivity contribution in [2.45, 2.75) is 19.8 Å². The van der Waals surface area contributed by atoms with Crippen molar-refractivity contribution in [2.24, 2.45) is 0 Å². The maximum Gasteiger partial charge on any atom is 0.110 e. The van der Waals surface area contributed by atoms with Crippen molar-refractivity contribution in [1.29, 1.82) is 0 Å². The highest BCUT2D eigenvalue weighted by atomic mass is 35.5. The fourth-order valence-corrected chi connectivity index (χ4v) is 2.44. The van der Waals surface area contributed by atoms with Crippen LogP contribution in [-0.4, -0.2) is 9.97 Å². The van der Waals surface area contributed by atoms with E-state index in [9.17, 15) is 0 Å². The Morgan fingerprint density at radius 1 is 0.952 bits per heavy atom. The van der Waals surface area contributed by atoms with Crippen molar-refractivity contribution < 1.29 is 0 Å². The molecule has 1 N–H and O–H groups in total. The number of aryl methyl sites for hydroxylation is 1. The molecule has 0 saturated heterocycles. The first-order valence-electron chi connectivity index (χ1n) is 7.12. The SMILES string of the molecule is CCc1ccc(-c2cnc(Cc3ccc(Cl)cc3)[nH]2)cc1. The summed E-state index contributed by atoms with van der Waals surface area (Å²) in [6, 6.07) is 16.5. The van der Waals surface area contributed by atoms with E-state index in [0.717, 1.165) is 29.4 Å². The maximum absolute atomic E-state index is 5.90. The molecule has 0 saturated carbocycles. The van der Waals surface area contributed by atoms with Gasteiger partial charge in [0.05, 0.1) is 11.9 Å². The van der Waals surface area contributed by atoms with Gasteiger partial charge in [0, 0.05) is 11.4 Å². The quantitative estimate of drug-likeness (QED) is 0.730. The largest absolute Gasteiger partial charge is 0.342 e. The van der Waals surface area contributed by atoms with Gasteiger partial charge >= 0.3 is 0 Å². The third kappa shape index (κ3) is 3.34. The zero-order valence-electron chi connectivity index (χ0n) is 11.9. The Balaban J connectivity index is 1.77. The van der Waals surface area contributed by atoms with Crippen molar-refractivity contribution in [1.82, 2.24) is 9.97 Å². The van der Waals surface area contributed by atoms with Crippen molar-refractivity contribution in [3.05, 3.63) is 76.7 Å². The van der Waals surface area contributed by atoms with E-state index in [1.165, 1.54) is 16.7 Å². The molecule has 0 unspecified atom stereocenters. The summed E-state index contributed by atoms with van der Waals surface area (Å²) < 4.78 is 0. The smallest absolute Gasteiger partial charge is 0.110 e. The number of rotatable bonds is 4. The molecule has 106 valence electrons. The highest BCUT2D eigenvalue weighted by molar-refractivity contribution is 6.30. The topological polar surface area (TPSA) is 28.7 Å². The second kappa shape index (κ2) is 6.15. The van der Waals surface area contributed by atoms with E-state index >= 15 is 0 Å². The summed E-state index contributed by atoms with van der Waals surface area (Å²) in [4.78, 5) is 7.85. The van der Waals surface area contributed by atoms with Crippen LogP contribution in [-0.2, 0) is 12.8 Å². The fraction of sp³-hybridized carbons (Fsp3) is 0.167. The minimum atomic E-state index is 0.759. The first-order chi connectivity index (χ1) is 10.2. The minimum Gasteiger partial charge on any atom is -0.342 e. The zero-order valence-corrected chi connectivity index (χ0v) is 12.7. The van der Waals surface area contributed by atoms with Crippen LogP contribution < -0.4 is 0 Å². The van der Waals surface area contributed by atoms with Gasteiger partial charge in [0.2, 0.25) is 0 Å². The molecule has 0 spiro atoms. The Hall–Kier alpha value is -2.06. The van der Waals surface area contributed by atoms with Gasteiger partial charge in [-0.2, -0.15) is 0 Å². The molecule has 1 aromatic heterocycles. The summed E-state index contributed by atoms with van der Waals surface area (Å²) in [5.41, 5.74) is 4.77. The number of aromatic amines is 1. The predicted molar refractivity (Wildman–Crippen MR) is 87.7 cm³/mol. The summed E-state index contributed by atoms with van der Waals surface area (Å²) in [5, 5.41) is 0.759. The van der Waals surface area contributed by atoms with Crippen LogP contribution in [0, 0.1) is 0 Å². The van der Waals surface area contributed by atoms with Crippen molar-refractivity contribution >= 4 is 11.6 Å². The van der Waals surface area contributed by atoms with Crippen LogP contribution >= 0.6 is 11.6 Å². The Kier molecular flexibility index (Phi) is 4.07. The Labute approximate surface area is 129 Å². The molecule has 3 aromatic rings. The van der Waals surface area contributed by atoms with Crippen molar-refractivity contribution in [3.63, 3.8) is 0 Å². The molecular weight excluding hydrogens is 280 g/mol. The van der Waals surface area contributed by atoms with Gasteiger partial charge in [0.25, 0.3) is 0 Å². The summed E-state index contributed by atoms with van der Waals surface area (Å²) in [6.07, 6.45) is 3.74. The number of nitrogens with zero attached hydrogens (tertiary/aromatic N) is 1. The number of hydrogen-bond donors (Lipinski definition) is 1. The summed E-state index contributed by atoms with van der Waals surface area (Å²) >= 11 is 5.90. The third-order valence-corrected chi connectivity index (χ3v) is 3.84. The lowest BCUT2D eigenvalue weighted by Gasteiger charge is -2.01. The number of nitrogens with one attached hydrogen (secondary N) is 1. The average molecular weight is 297 g/mol. The van der Waals surface area contributed by atoms with Gasteiger partial charge in [0.15, 0.2) is 0 Å². The van der Waals surface area contributed by atoms with E-state index in [-0.39, 0.29) is 0 Å². The average Bonchev–Trinajstić information content (AvgIpc) is 2.98. The van der Waals surface area contributed by atoms with Gasteiger partial charge in [-0.25, -0.2) is 4.98 Å². The van der Waals surface area contributed by atoms with E-state index in [2.05, 4.69) is 41.2 Å². The first-order valence-corrected chi connectivity index (χ1v) is 7.50. The molecule has 0 aliphatic heterocycles. The monoisotopic (exact) mass is 296 g/mol. The van der Waals surface area contributed by atoms with Crippen molar-refractivity contribution in [3.8, 4) is 11.3 Å². The van der Waals surface area contributed by atoms with Crippen molar-refractivity contribution in [2.75, 3.05) is 0 Å². The normalized spacial score (nSPS) is 10.8. The van der Waals surface area contributed by atoms with Gasteiger partial charge < -0.3 is 4.98 Å². The summed E-state index contributed by atoms with van der Waals surface area (Å²) in [6.45, 7) is 2.16. The van der Waals surface area contributed by atoms with Crippen LogP contribution in [0.15, 0.2) is 54.7 Å². The standard InChI is InChI=1S/C18H17ClN2/c1-2-13-3-7-15(8-4-13)17-12-20-18(21-17)11-14-5-9-16(19)10-6-14/h3-10,12H,2,11H2,1H3,(H,20,21). The zero-order chi connectivity index (χ0) is 14.7. The number of halogens is 1. The van der Waals surface area contributed by atoms with Gasteiger partial charge in [-0.15, -0.1) is 0 Å². The second-order valence-electron chi connectivity index (χ2n) is 5.10. The van der Waals surface area contributed by atoms with E-state index in [0.29, 0.717) is 0 Å². The predicted octanol–water partition coefficient (Wildman–Crippen LogP) is 4.88. The van der Waals surface area contributed by atoms with Crippen LogP contribution in [0.5, 0.6) is 0 Å². The van der Waals surface area contributed by atoms with E-state index < -0.39 is 0 Å². The molecule has 21 heavy (non-hydrogen) atoms. The molecular formula is C18H17ClN2. The molecule has 3 rings (SSSR count). The molecule has 3 heteroatoms. The number of aromatic nitrogens is 2. The Bertz CT molecular complexity index is 712. The number of imidazole rings is 1. The number of benzene rings is 2. The van der Waals surface area contributed by atoms with Gasteiger partial charge in [-0.1, -0.05) is 54.9 Å². The summed E-state index contributed by atoms with van der Waals surface area (Å²) in [5.74, 6) is 0.965. The minimum absolute atomic E-state index is 0.759. The lowest BCUT2D eigenvalue weighted by atomic mass is 10.1. The lowest BCUT2D eigenvalue weighted by Crippen LogP contribution is -1.90. The first kappa shape index (κ1) is 13.9. The highest BCUT2D eigenvalue weighted by Gasteiger charge is 2.04. The molecule has 0 radical (unpaired) electrons. The Morgan fingerprint density at radius 3 is 2.29 bits per heavy atom. The molecule has 2 aromatic carbocycles.